The minimum Gasteiger partial charge on any atom is -0.491 e. The Morgan fingerprint density at radius 2 is 2.28 bits per heavy atom. The van der Waals surface area contributed by atoms with E-state index >= 15 is 0 Å². The number of benzene rings is 1. The van der Waals surface area contributed by atoms with E-state index in [4.69, 9.17) is 4.74 Å². The molecule has 1 aliphatic heterocycles. The summed E-state index contributed by atoms with van der Waals surface area (Å²) in [6, 6.07) is 4.16. The van der Waals surface area contributed by atoms with Gasteiger partial charge in [-0.2, -0.15) is 0 Å². The van der Waals surface area contributed by atoms with Gasteiger partial charge in [-0.3, -0.25) is 0 Å². The molecule has 2 rings (SSSR count). The maximum Gasteiger partial charge on any atom is 0.143 e. The number of hydrogen-bond donors (Lipinski definition) is 1. The van der Waals surface area contributed by atoms with E-state index in [2.05, 4.69) is 36.4 Å². The summed E-state index contributed by atoms with van der Waals surface area (Å²) in [6.45, 7) is 11.6. The van der Waals surface area contributed by atoms with Crippen molar-refractivity contribution in [1.29, 1.82) is 0 Å². The van der Waals surface area contributed by atoms with Gasteiger partial charge in [0.15, 0.2) is 0 Å². The van der Waals surface area contributed by atoms with Gasteiger partial charge in [-0.25, -0.2) is 0 Å². The SMILES string of the molecule is C=Cc1cc(C)c2c(c1)OCCCN2C(=C)NC. The van der Waals surface area contributed by atoms with Gasteiger partial charge in [0, 0.05) is 13.6 Å². The molecule has 0 fully saturated rings. The first kappa shape index (κ1) is 12.6. The molecule has 1 aromatic carbocycles. The van der Waals surface area contributed by atoms with E-state index in [9.17, 15) is 0 Å². The molecule has 0 radical (unpaired) electrons. The van der Waals surface area contributed by atoms with Crippen molar-refractivity contribution in [1.82, 2.24) is 5.32 Å². The highest BCUT2D eigenvalue weighted by atomic mass is 16.5. The predicted molar refractivity (Wildman–Crippen MR) is 76.9 cm³/mol. The second-order valence-corrected chi connectivity index (χ2v) is 4.44. The quantitative estimate of drug-likeness (QED) is 0.884. The number of aryl methyl sites for hydroxylation is 1. The van der Waals surface area contributed by atoms with Crippen molar-refractivity contribution >= 4 is 11.8 Å². The van der Waals surface area contributed by atoms with Crippen LogP contribution in [-0.2, 0) is 0 Å². The molecule has 96 valence electrons. The molecule has 0 bridgehead atoms. The monoisotopic (exact) mass is 244 g/mol. The van der Waals surface area contributed by atoms with E-state index in [1.165, 1.54) is 5.56 Å². The maximum atomic E-state index is 5.84. The Hall–Kier alpha value is -1.90. The molecule has 0 aromatic heterocycles. The predicted octanol–water partition coefficient (Wildman–Crippen LogP) is 2.92. The molecule has 0 unspecified atom stereocenters. The lowest BCUT2D eigenvalue weighted by Gasteiger charge is -2.27. The molecule has 3 nitrogen and oxygen atoms in total. The summed E-state index contributed by atoms with van der Waals surface area (Å²) >= 11 is 0. The van der Waals surface area contributed by atoms with Gasteiger partial charge in [0.2, 0.25) is 0 Å². The summed E-state index contributed by atoms with van der Waals surface area (Å²) in [7, 11) is 1.89. The van der Waals surface area contributed by atoms with E-state index in [1.807, 2.05) is 19.2 Å². The zero-order valence-corrected chi connectivity index (χ0v) is 11.1. The zero-order chi connectivity index (χ0) is 13.1. The Morgan fingerprint density at radius 1 is 1.50 bits per heavy atom. The molecule has 0 amide bonds. The Kier molecular flexibility index (Phi) is 3.60. The molecule has 0 spiro atoms. The maximum absolute atomic E-state index is 5.84. The summed E-state index contributed by atoms with van der Waals surface area (Å²) in [5.41, 5.74) is 3.38. The Labute approximate surface area is 109 Å². The van der Waals surface area contributed by atoms with E-state index in [-0.39, 0.29) is 0 Å². The summed E-state index contributed by atoms with van der Waals surface area (Å²) in [5, 5.41) is 3.11. The lowest BCUT2D eigenvalue weighted by molar-refractivity contribution is 0.322. The van der Waals surface area contributed by atoms with Gasteiger partial charge in [-0.1, -0.05) is 19.2 Å². The average Bonchev–Trinajstić information content (AvgIpc) is 2.60. The van der Waals surface area contributed by atoms with E-state index < -0.39 is 0 Å². The number of anilines is 1. The Morgan fingerprint density at radius 3 is 2.94 bits per heavy atom. The summed E-state index contributed by atoms with van der Waals surface area (Å²) in [6.07, 6.45) is 2.83. The van der Waals surface area contributed by atoms with Crippen molar-refractivity contribution in [3.05, 3.63) is 42.2 Å². The molecule has 1 N–H and O–H groups in total. The first-order valence-electron chi connectivity index (χ1n) is 6.21. The molecule has 1 heterocycles. The molecule has 0 aliphatic carbocycles. The van der Waals surface area contributed by atoms with Gasteiger partial charge in [0.05, 0.1) is 18.1 Å². The number of nitrogens with zero attached hydrogens (tertiary/aromatic N) is 1. The first-order valence-corrected chi connectivity index (χ1v) is 6.21. The van der Waals surface area contributed by atoms with Crippen LogP contribution in [0.1, 0.15) is 17.5 Å². The lowest BCUT2D eigenvalue weighted by atomic mass is 10.1. The van der Waals surface area contributed by atoms with Crippen molar-refractivity contribution in [2.45, 2.75) is 13.3 Å². The molecule has 0 saturated heterocycles. The van der Waals surface area contributed by atoms with Crippen LogP contribution in [0.25, 0.3) is 6.08 Å². The van der Waals surface area contributed by atoms with E-state index in [1.54, 1.807) is 0 Å². The molecular weight excluding hydrogens is 224 g/mol. The molecule has 1 aliphatic rings. The molecule has 18 heavy (non-hydrogen) atoms. The van der Waals surface area contributed by atoms with Crippen LogP contribution in [0, 0.1) is 6.92 Å². The second kappa shape index (κ2) is 5.17. The number of nitrogens with one attached hydrogen (secondary N) is 1. The molecular formula is C15H20N2O. The summed E-state index contributed by atoms with van der Waals surface area (Å²) < 4.78 is 5.84. The summed E-state index contributed by atoms with van der Waals surface area (Å²) in [5.74, 6) is 1.81. The van der Waals surface area contributed by atoms with Crippen molar-refractivity contribution in [3.8, 4) is 5.75 Å². The standard InChI is InChI=1S/C15H20N2O/c1-5-13-9-11(2)15-14(10-13)18-8-6-7-17(15)12(3)16-4/h5,9-10,16H,1,3,6-8H2,2,4H3. The van der Waals surface area contributed by atoms with Gasteiger partial charge < -0.3 is 15.0 Å². The van der Waals surface area contributed by atoms with E-state index in [0.29, 0.717) is 0 Å². The van der Waals surface area contributed by atoms with Crippen molar-refractivity contribution < 1.29 is 4.74 Å². The van der Waals surface area contributed by atoms with Crippen LogP contribution in [0.2, 0.25) is 0 Å². The van der Waals surface area contributed by atoms with E-state index in [0.717, 1.165) is 42.4 Å². The smallest absolute Gasteiger partial charge is 0.143 e. The topological polar surface area (TPSA) is 24.5 Å². The highest BCUT2D eigenvalue weighted by molar-refractivity contribution is 5.70. The Bertz CT molecular complexity index is 480. The third-order valence-electron chi connectivity index (χ3n) is 3.19. The molecule has 3 heteroatoms. The summed E-state index contributed by atoms with van der Waals surface area (Å²) in [4.78, 5) is 2.19. The van der Waals surface area contributed by atoms with Crippen molar-refractivity contribution in [2.24, 2.45) is 0 Å². The van der Waals surface area contributed by atoms with Gasteiger partial charge in [-0.15, -0.1) is 0 Å². The number of fused-ring (bicyclic) bond motifs is 1. The van der Waals surface area contributed by atoms with Gasteiger partial charge in [-0.05, 0) is 36.6 Å². The second-order valence-electron chi connectivity index (χ2n) is 4.44. The highest BCUT2D eigenvalue weighted by Crippen LogP contribution is 2.37. The van der Waals surface area contributed by atoms with Gasteiger partial charge in [0.25, 0.3) is 0 Å². The minimum atomic E-state index is 0.737. The van der Waals surface area contributed by atoms with Crippen LogP contribution >= 0.6 is 0 Å². The van der Waals surface area contributed by atoms with Crippen molar-refractivity contribution in [3.63, 3.8) is 0 Å². The number of rotatable bonds is 3. The fourth-order valence-electron chi connectivity index (χ4n) is 2.27. The van der Waals surface area contributed by atoms with Gasteiger partial charge >= 0.3 is 0 Å². The number of hydrogen-bond acceptors (Lipinski definition) is 3. The van der Waals surface area contributed by atoms with Gasteiger partial charge in [0.1, 0.15) is 5.75 Å². The van der Waals surface area contributed by atoms with Crippen LogP contribution in [0.3, 0.4) is 0 Å². The minimum absolute atomic E-state index is 0.737. The molecule has 0 atom stereocenters. The normalized spacial score (nSPS) is 14.2. The third kappa shape index (κ3) is 2.21. The lowest BCUT2D eigenvalue weighted by Crippen LogP contribution is -2.30. The van der Waals surface area contributed by atoms with Crippen LogP contribution in [-0.4, -0.2) is 20.2 Å². The van der Waals surface area contributed by atoms with Crippen LogP contribution in [0.15, 0.2) is 31.1 Å². The molecule has 1 aromatic rings. The first-order chi connectivity index (χ1) is 8.67. The fraction of sp³-hybridized carbons (Fsp3) is 0.333. The zero-order valence-electron chi connectivity index (χ0n) is 11.1. The average molecular weight is 244 g/mol. The third-order valence-corrected chi connectivity index (χ3v) is 3.19. The number of ether oxygens (including phenoxy) is 1. The largest absolute Gasteiger partial charge is 0.491 e. The van der Waals surface area contributed by atoms with Crippen molar-refractivity contribution in [2.75, 3.05) is 25.1 Å². The highest BCUT2D eigenvalue weighted by Gasteiger charge is 2.20. The fourth-order valence-corrected chi connectivity index (χ4v) is 2.27. The Balaban J connectivity index is 2.53. The van der Waals surface area contributed by atoms with Crippen LogP contribution in [0.5, 0.6) is 5.75 Å². The molecule has 0 saturated carbocycles. The van der Waals surface area contributed by atoms with Crippen LogP contribution < -0.4 is 15.0 Å². The van der Waals surface area contributed by atoms with Crippen LogP contribution in [0.4, 0.5) is 5.69 Å².